The Hall–Kier alpha value is -3.37. The summed E-state index contributed by atoms with van der Waals surface area (Å²) in [6.07, 6.45) is -3.09. The summed E-state index contributed by atoms with van der Waals surface area (Å²) in [6.45, 7) is 3.19. The van der Waals surface area contributed by atoms with Gasteiger partial charge >= 0.3 is 6.16 Å². The quantitative estimate of drug-likeness (QED) is 0.336. The van der Waals surface area contributed by atoms with Gasteiger partial charge in [-0.1, -0.05) is 30.3 Å². The van der Waals surface area contributed by atoms with Gasteiger partial charge in [0.15, 0.2) is 11.5 Å². The topological polar surface area (TPSA) is 127 Å². The number of carbonyl (C=O) groups is 1. The standard InChI is InChI=1S/C23H27NO9/c1-14-9-21(22(12-25)31-14)33-23(26)32-15(2)17-10-19(29-3)20(11-18(17)24(27)28)30-13-16-7-5-4-6-8-16/h4-8,10-11,14-15,21-22,25H,9,12-13H2,1-3H3. The summed E-state index contributed by atoms with van der Waals surface area (Å²) in [5.74, 6) is 0.447. The molecule has 2 aromatic rings. The van der Waals surface area contributed by atoms with E-state index in [0.29, 0.717) is 6.42 Å². The van der Waals surface area contributed by atoms with Crippen LogP contribution < -0.4 is 9.47 Å². The molecule has 178 valence electrons. The first kappa shape index (κ1) is 24.3. The number of rotatable bonds is 9. The van der Waals surface area contributed by atoms with Gasteiger partial charge in [0, 0.05) is 6.42 Å². The van der Waals surface area contributed by atoms with Crippen LogP contribution in [0.3, 0.4) is 0 Å². The van der Waals surface area contributed by atoms with Gasteiger partial charge in [0.25, 0.3) is 5.69 Å². The first-order valence-corrected chi connectivity index (χ1v) is 10.5. The van der Waals surface area contributed by atoms with Crippen LogP contribution in [0.5, 0.6) is 11.5 Å². The molecule has 0 saturated carbocycles. The fraction of sp³-hybridized carbons (Fsp3) is 0.435. The summed E-state index contributed by atoms with van der Waals surface area (Å²) in [5, 5.41) is 21.1. The Morgan fingerprint density at radius 2 is 2.00 bits per heavy atom. The number of aliphatic hydroxyl groups is 1. The van der Waals surface area contributed by atoms with E-state index in [4.69, 9.17) is 23.7 Å². The van der Waals surface area contributed by atoms with Crippen LogP contribution in [0, 0.1) is 10.1 Å². The number of nitrogens with zero attached hydrogens (tertiary/aromatic N) is 1. The number of carbonyl (C=O) groups excluding carboxylic acids is 1. The van der Waals surface area contributed by atoms with Gasteiger partial charge in [-0.05, 0) is 25.5 Å². The SMILES string of the molecule is COc1cc(C(C)OC(=O)OC2CC(C)OC2CO)c([N+](=O)[O-])cc1OCc1ccccc1. The van der Waals surface area contributed by atoms with Crippen LogP contribution >= 0.6 is 0 Å². The summed E-state index contributed by atoms with van der Waals surface area (Å²) < 4.78 is 27.1. The Balaban J connectivity index is 1.75. The van der Waals surface area contributed by atoms with E-state index in [-0.39, 0.29) is 42.1 Å². The third kappa shape index (κ3) is 6.11. The van der Waals surface area contributed by atoms with Gasteiger partial charge in [-0.2, -0.15) is 0 Å². The van der Waals surface area contributed by atoms with Crippen molar-refractivity contribution >= 4 is 11.8 Å². The number of methoxy groups -OCH3 is 1. The first-order valence-electron chi connectivity index (χ1n) is 10.5. The predicted octanol–water partition coefficient (Wildman–Crippen LogP) is 3.93. The molecule has 10 heteroatoms. The lowest BCUT2D eigenvalue weighted by molar-refractivity contribution is -0.386. The molecule has 0 radical (unpaired) electrons. The maximum Gasteiger partial charge on any atom is 0.509 e. The highest BCUT2D eigenvalue weighted by atomic mass is 16.7. The van der Waals surface area contributed by atoms with Crippen LogP contribution in [-0.2, 0) is 20.8 Å². The molecular formula is C23H27NO9. The highest BCUT2D eigenvalue weighted by Gasteiger charge is 2.36. The molecule has 4 unspecified atom stereocenters. The molecule has 0 aliphatic carbocycles. The highest BCUT2D eigenvalue weighted by molar-refractivity contribution is 5.62. The van der Waals surface area contributed by atoms with Gasteiger partial charge in [0.2, 0.25) is 0 Å². The van der Waals surface area contributed by atoms with Crippen molar-refractivity contribution in [1.29, 1.82) is 0 Å². The molecule has 33 heavy (non-hydrogen) atoms. The Morgan fingerprint density at radius 1 is 1.27 bits per heavy atom. The molecule has 1 aliphatic heterocycles. The minimum absolute atomic E-state index is 0.121. The van der Waals surface area contributed by atoms with Crippen molar-refractivity contribution < 1.29 is 38.5 Å². The van der Waals surface area contributed by atoms with Crippen molar-refractivity contribution in [3.05, 3.63) is 63.7 Å². The van der Waals surface area contributed by atoms with E-state index < -0.39 is 29.4 Å². The molecule has 3 rings (SSSR count). The van der Waals surface area contributed by atoms with Crippen molar-refractivity contribution in [2.75, 3.05) is 13.7 Å². The second-order valence-electron chi connectivity index (χ2n) is 7.66. The van der Waals surface area contributed by atoms with E-state index in [0.717, 1.165) is 5.56 Å². The number of nitro groups is 1. The Labute approximate surface area is 191 Å². The van der Waals surface area contributed by atoms with E-state index in [1.54, 1.807) is 6.92 Å². The summed E-state index contributed by atoms with van der Waals surface area (Å²) in [4.78, 5) is 23.5. The van der Waals surface area contributed by atoms with E-state index >= 15 is 0 Å². The lowest BCUT2D eigenvalue weighted by Gasteiger charge is -2.20. The molecule has 1 saturated heterocycles. The second kappa shape index (κ2) is 11.0. The molecule has 0 bridgehead atoms. The predicted molar refractivity (Wildman–Crippen MR) is 116 cm³/mol. The highest BCUT2D eigenvalue weighted by Crippen LogP contribution is 2.39. The normalized spacial score (nSPS) is 20.7. The number of benzene rings is 2. The van der Waals surface area contributed by atoms with Crippen molar-refractivity contribution in [1.82, 2.24) is 0 Å². The molecule has 0 amide bonds. The molecule has 1 fully saturated rings. The maximum absolute atomic E-state index is 12.3. The van der Waals surface area contributed by atoms with Gasteiger partial charge in [-0.25, -0.2) is 4.79 Å². The van der Waals surface area contributed by atoms with E-state index in [1.807, 2.05) is 30.3 Å². The molecule has 0 spiro atoms. The zero-order valence-corrected chi connectivity index (χ0v) is 18.6. The summed E-state index contributed by atoms with van der Waals surface area (Å²) in [6, 6.07) is 12.0. The third-order valence-electron chi connectivity index (χ3n) is 5.27. The maximum atomic E-state index is 12.3. The summed E-state index contributed by atoms with van der Waals surface area (Å²) in [5.41, 5.74) is 0.720. The van der Waals surface area contributed by atoms with Crippen LogP contribution in [-0.4, -0.2) is 48.2 Å². The monoisotopic (exact) mass is 461 g/mol. The second-order valence-corrected chi connectivity index (χ2v) is 7.66. The first-order chi connectivity index (χ1) is 15.8. The van der Waals surface area contributed by atoms with Gasteiger partial charge in [0.05, 0.1) is 36.4 Å². The molecule has 2 aromatic carbocycles. The smallest absolute Gasteiger partial charge is 0.493 e. The molecule has 0 aromatic heterocycles. The third-order valence-corrected chi connectivity index (χ3v) is 5.27. The fourth-order valence-electron chi connectivity index (χ4n) is 3.62. The number of ether oxygens (including phenoxy) is 5. The van der Waals surface area contributed by atoms with Gasteiger partial charge in [-0.15, -0.1) is 0 Å². The number of aliphatic hydroxyl groups excluding tert-OH is 1. The van der Waals surface area contributed by atoms with Crippen LogP contribution in [0.25, 0.3) is 0 Å². The van der Waals surface area contributed by atoms with Crippen molar-refractivity contribution in [3.8, 4) is 11.5 Å². The zero-order chi connectivity index (χ0) is 24.0. The summed E-state index contributed by atoms with van der Waals surface area (Å²) >= 11 is 0. The van der Waals surface area contributed by atoms with Gasteiger partial charge < -0.3 is 28.8 Å². The minimum atomic E-state index is -1.01. The summed E-state index contributed by atoms with van der Waals surface area (Å²) in [7, 11) is 1.41. The zero-order valence-electron chi connectivity index (χ0n) is 18.6. The molecule has 1 aliphatic rings. The molecule has 1 heterocycles. The van der Waals surface area contributed by atoms with Crippen LogP contribution in [0.4, 0.5) is 10.5 Å². The Bertz CT molecular complexity index is 966. The van der Waals surface area contributed by atoms with Crippen molar-refractivity contribution in [2.45, 2.75) is 51.3 Å². The van der Waals surface area contributed by atoms with Crippen LogP contribution in [0.1, 0.15) is 37.5 Å². The average molecular weight is 461 g/mol. The number of hydrogen-bond acceptors (Lipinski definition) is 9. The van der Waals surface area contributed by atoms with Crippen LogP contribution in [0.15, 0.2) is 42.5 Å². The minimum Gasteiger partial charge on any atom is -0.493 e. The van der Waals surface area contributed by atoms with Crippen molar-refractivity contribution in [2.24, 2.45) is 0 Å². The largest absolute Gasteiger partial charge is 0.509 e. The molecule has 10 nitrogen and oxygen atoms in total. The Morgan fingerprint density at radius 3 is 2.64 bits per heavy atom. The van der Waals surface area contributed by atoms with E-state index in [2.05, 4.69) is 0 Å². The van der Waals surface area contributed by atoms with E-state index in [1.165, 1.54) is 26.2 Å². The van der Waals surface area contributed by atoms with Crippen molar-refractivity contribution in [3.63, 3.8) is 0 Å². The number of nitro benzene ring substituents is 1. The lowest BCUT2D eigenvalue weighted by atomic mass is 10.1. The van der Waals surface area contributed by atoms with Crippen LogP contribution in [0.2, 0.25) is 0 Å². The molecule has 1 N–H and O–H groups in total. The van der Waals surface area contributed by atoms with Gasteiger partial charge in [0.1, 0.15) is 24.9 Å². The lowest BCUT2D eigenvalue weighted by Crippen LogP contribution is -2.30. The molecule has 4 atom stereocenters. The fourth-order valence-corrected chi connectivity index (χ4v) is 3.62. The average Bonchev–Trinajstić information content (AvgIpc) is 3.16. The number of hydrogen-bond donors (Lipinski definition) is 1. The molecular weight excluding hydrogens is 434 g/mol. The Kier molecular flexibility index (Phi) is 8.07. The van der Waals surface area contributed by atoms with E-state index in [9.17, 15) is 20.0 Å². The van der Waals surface area contributed by atoms with Gasteiger partial charge in [-0.3, -0.25) is 10.1 Å².